The van der Waals surface area contributed by atoms with Crippen molar-refractivity contribution >= 4 is 5.84 Å². The Bertz CT molecular complexity index is 110. The third-order valence-corrected chi connectivity index (χ3v) is 1.86. The SMILES string of the molecule is CCC(C)CN(C)C(C)=N. The maximum atomic E-state index is 7.29. The monoisotopic (exact) mass is 142 g/mol. The van der Waals surface area contributed by atoms with Crippen molar-refractivity contribution in [1.29, 1.82) is 5.41 Å². The smallest absolute Gasteiger partial charge is 0.0923 e. The average molecular weight is 142 g/mol. The Morgan fingerprint density at radius 3 is 2.40 bits per heavy atom. The van der Waals surface area contributed by atoms with Gasteiger partial charge in [0.05, 0.1) is 5.84 Å². The molecule has 2 nitrogen and oxygen atoms in total. The van der Waals surface area contributed by atoms with Crippen LogP contribution in [0.1, 0.15) is 27.2 Å². The summed E-state index contributed by atoms with van der Waals surface area (Å²) in [4.78, 5) is 1.98. The molecule has 10 heavy (non-hydrogen) atoms. The molecule has 0 aromatic heterocycles. The van der Waals surface area contributed by atoms with Crippen LogP contribution in [0.2, 0.25) is 0 Å². The van der Waals surface area contributed by atoms with E-state index < -0.39 is 0 Å². The van der Waals surface area contributed by atoms with Gasteiger partial charge in [0.2, 0.25) is 0 Å². The van der Waals surface area contributed by atoms with Crippen LogP contribution in [0, 0.1) is 11.3 Å². The molecule has 1 atom stereocenters. The number of hydrogen-bond acceptors (Lipinski definition) is 1. The van der Waals surface area contributed by atoms with E-state index in [-0.39, 0.29) is 0 Å². The molecule has 0 radical (unpaired) electrons. The number of nitrogens with zero attached hydrogens (tertiary/aromatic N) is 1. The van der Waals surface area contributed by atoms with Crippen LogP contribution in [0.15, 0.2) is 0 Å². The van der Waals surface area contributed by atoms with Crippen LogP contribution in [0.3, 0.4) is 0 Å². The molecule has 0 bridgehead atoms. The minimum absolute atomic E-state index is 0.653. The summed E-state index contributed by atoms with van der Waals surface area (Å²) in [6, 6.07) is 0. The van der Waals surface area contributed by atoms with Crippen molar-refractivity contribution in [3.63, 3.8) is 0 Å². The summed E-state index contributed by atoms with van der Waals surface area (Å²) >= 11 is 0. The summed E-state index contributed by atoms with van der Waals surface area (Å²) in [6.45, 7) is 7.21. The highest BCUT2D eigenvalue weighted by Crippen LogP contribution is 2.01. The van der Waals surface area contributed by atoms with Gasteiger partial charge < -0.3 is 4.90 Å². The first-order chi connectivity index (χ1) is 4.57. The third-order valence-electron chi connectivity index (χ3n) is 1.86. The van der Waals surface area contributed by atoms with Gasteiger partial charge in [0.25, 0.3) is 0 Å². The fourth-order valence-electron chi connectivity index (χ4n) is 0.734. The van der Waals surface area contributed by atoms with Crippen LogP contribution >= 0.6 is 0 Å². The van der Waals surface area contributed by atoms with Crippen LogP contribution in [0.5, 0.6) is 0 Å². The van der Waals surface area contributed by atoms with Gasteiger partial charge in [-0.15, -0.1) is 0 Å². The molecule has 0 saturated carbocycles. The molecule has 0 aromatic rings. The molecule has 0 saturated heterocycles. The van der Waals surface area contributed by atoms with Crippen molar-refractivity contribution in [2.24, 2.45) is 5.92 Å². The fourth-order valence-corrected chi connectivity index (χ4v) is 0.734. The van der Waals surface area contributed by atoms with Crippen LogP contribution in [-0.4, -0.2) is 24.3 Å². The maximum absolute atomic E-state index is 7.29. The molecular weight excluding hydrogens is 124 g/mol. The Kier molecular flexibility index (Phi) is 4.08. The van der Waals surface area contributed by atoms with E-state index in [2.05, 4.69) is 13.8 Å². The Balaban J connectivity index is 3.56. The highest BCUT2D eigenvalue weighted by molar-refractivity contribution is 5.75. The third kappa shape index (κ3) is 3.49. The second-order valence-corrected chi connectivity index (χ2v) is 2.98. The van der Waals surface area contributed by atoms with Crippen molar-refractivity contribution in [2.75, 3.05) is 13.6 Å². The molecule has 2 heteroatoms. The quantitative estimate of drug-likeness (QED) is 0.473. The Morgan fingerprint density at radius 1 is 1.60 bits per heavy atom. The Morgan fingerprint density at radius 2 is 2.10 bits per heavy atom. The highest BCUT2D eigenvalue weighted by Gasteiger charge is 2.03. The van der Waals surface area contributed by atoms with Gasteiger partial charge in [0.1, 0.15) is 0 Å². The van der Waals surface area contributed by atoms with Gasteiger partial charge in [-0.1, -0.05) is 20.3 Å². The summed E-state index contributed by atoms with van der Waals surface area (Å²) in [5, 5.41) is 7.29. The average Bonchev–Trinajstić information content (AvgIpc) is 1.87. The molecule has 1 N–H and O–H groups in total. The Hall–Kier alpha value is -0.530. The van der Waals surface area contributed by atoms with Gasteiger partial charge in [-0.05, 0) is 12.8 Å². The van der Waals surface area contributed by atoms with Gasteiger partial charge in [-0.25, -0.2) is 0 Å². The van der Waals surface area contributed by atoms with Crippen molar-refractivity contribution in [3.8, 4) is 0 Å². The Labute approximate surface area is 63.7 Å². The van der Waals surface area contributed by atoms with E-state index in [1.165, 1.54) is 6.42 Å². The molecule has 60 valence electrons. The van der Waals surface area contributed by atoms with Crippen molar-refractivity contribution < 1.29 is 0 Å². The van der Waals surface area contributed by atoms with Crippen molar-refractivity contribution in [1.82, 2.24) is 4.90 Å². The highest BCUT2D eigenvalue weighted by atomic mass is 15.1. The number of nitrogens with one attached hydrogen (secondary N) is 1. The lowest BCUT2D eigenvalue weighted by molar-refractivity contribution is 0.392. The summed E-state index contributed by atoms with van der Waals surface area (Å²) in [5.74, 6) is 1.35. The standard InChI is InChI=1S/C8H18N2/c1-5-7(2)6-10(4)8(3)9/h7,9H,5-6H2,1-4H3. The summed E-state index contributed by atoms with van der Waals surface area (Å²) in [5.41, 5.74) is 0. The van der Waals surface area contributed by atoms with E-state index in [4.69, 9.17) is 5.41 Å². The molecule has 0 aliphatic rings. The minimum atomic E-state index is 0.653. The van der Waals surface area contributed by atoms with E-state index in [9.17, 15) is 0 Å². The lowest BCUT2D eigenvalue weighted by Gasteiger charge is -2.20. The van der Waals surface area contributed by atoms with Crippen LogP contribution < -0.4 is 0 Å². The minimum Gasteiger partial charge on any atom is -0.364 e. The van der Waals surface area contributed by atoms with Gasteiger partial charge in [0, 0.05) is 13.6 Å². The van der Waals surface area contributed by atoms with Gasteiger partial charge >= 0.3 is 0 Å². The lowest BCUT2D eigenvalue weighted by atomic mass is 10.1. The predicted molar refractivity (Wildman–Crippen MR) is 45.5 cm³/mol. The number of hydrogen-bond donors (Lipinski definition) is 1. The lowest BCUT2D eigenvalue weighted by Crippen LogP contribution is -2.27. The fraction of sp³-hybridized carbons (Fsp3) is 0.875. The van der Waals surface area contributed by atoms with Gasteiger partial charge in [0.15, 0.2) is 0 Å². The van der Waals surface area contributed by atoms with E-state index in [0.717, 1.165) is 6.54 Å². The number of rotatable bonds is 3. The summed E-state index contributed by atoms with van der Waals surface area (Å²) in [6.07, 6.45) is 1.19. The molecule has 0 heterocycles. The maximum Gasteiger partial charge on any atom is 0.0923 e. The largest absolute Gasteiger partial charge is 0.364 e. The molecule has 0 rings (SSSR count). The van der Waals surface area contributed by atoms with E-state index in [1.54, 1.807) is 0 Å². The van der Waals surface area contributed by atoms with Gasteiger partial charge in [-0.2, -0.15) is 0 Å². The zero-order valence-corrected chi connectivity index (χ0v) is 7.44. The zero-order chi connectivity index (χ0) is 8.15. The van der Waals surface area contributed by atoms with E-state index in [1.807, 2.05) is 18.9 Å². The van der Waals surface area contributed by atoms with Crippen LogP contribution in [-0.2, 0) is 0 Å². The molecular formula is C8H18N2. The predicted octanol–water partition coefficient (Wildman–Crippen LogP) is 1.96. The van der Waals surface area contributed by atoms with Gasteiger partial charge in [-0.3, -0.25) is 5.41 Å². The molecule has 0 aromatic carbocycles. The second kappa shape index (κ2) is 4.31. The first-order valence-corrected chi connectivity index (χ1v) is 3.84. The van der Waals surface area contributed by atoms with Crippen LogP contribution in [0.25, 0.3) is 0 Å². The van der Waals surface area contributed by atoms with E-state index >= 15 is 0 Å². The molecule has 0 spiro atoms. The molecule has 0 aliphatic carbocycles. The molecule has 0 fully saturated rings. The van der Waals surface area contributed by atoms with Crippen molar-refractivity contribution in [2.45, 2.75) is 27.2 Å². The first kappa shape index (κ1) is 9.47. The summed E-state index contributed by atoms with van der Waals surface area (Å²) in [7, 11) is 1.97. The molecule has 0 aliphatic heterocycles. The van der Waals surface area contributed by atoms with E-state index in [0.29, 0.717) is 11.8 Å². The molecule has 1 unspecified atom stereocenters. The van der Waals surface area contributed by atoms with Crippen LogP contribution in [0.4, 0.5) is 0 Å². The number of amidine groups is 1. The van der Waals surface area contributed by atoms with Crippen molar-refractivity contribution in [3.05, 3.63) is 0 Å². The molecule has 0 amide bonds. The summed E-state index contributed by atoms with van der Waals surface area (Å²) < 4.78 is 0. The second-order valence-electron chi connectivity index (χ2n) is 2.98. The zero-order valence-electron chi connectivity index (χ0n) is 7.44. The first-order valence-electron chi connectivity index (χ1n) is 3.84. The normalized spacial score (nSPS) is 12.8. The topological polar surface area (TPSA) is 27.1 Å².